The second-order valence-corrected chi connectivity index (χ2v) is 2.76. The van der Waals surface area contributed by atoms with Crippen molar-refractivity contribution in [1.29, 1.82) is 10.5 Å². The van der Waals surface area contributed by atoms with E-state index in [1.54, 1.807) is 30.3 Å². The Balaban J connectivity index is 2.76. The van der Waals surface area contributed by atoms with Crippen LogP contribution < -0.4 is 10.2 Å². The van der Waals surface area contributed by atoms with Crippen molar-refractivity contribution < 1.29 is 4.74 Å². The number of nitriles is 2. The number of rotatable bonds is 4. The number of anilines is 1. The van der Waals surface area contributed by atoms with E-state index in [-0.39, 0.29) is 5.71 Å². The molecule has 1 N–H and O–H groups in total. The SMILES string of the molecule is CCOc1cccc(NN=C(C#N)C#N)c1. The van der Waals surface area contributed by atoms with Gasteiger partial charge in [0.05, 0.1) is 12.3 Å². The summed E-state index contributed by atoms with van der Waals surface area (Å²) in [5.41, 5.74) is 3.05. The van der Waals surface area contributed by atoms with Crippen LogP contribution in [-0.4, -0.2) is 12.3 Å². The summed E-state index contributed by atoms with van der Waals surface area (Å²) in [4.78, 5) is 0. The minimum atomic E-state index is -0.221. The Hall–Kier alpha value is -2.53. The average Bonchev–Trinajstić information content (AvgIpc) is 2.31. The summed E-state index contributed by atoms with van der Waals surface area (Å²) in [5.74, 6) is 0.707. The molecule has 1 aromatic carbocycles. The molecule has 0 fully saturated rings. The van der Waals surface area contributed by atoms with Crippen LogP contribution in [0.1, 0.15) is 6.92 Å². The van der Waals surface area contributed by atoms with Crippen LogP contribution in [0.3, 0.4) is 0 Å². The van der Waals surface area contributed by atoms with E-state index in [2.05, 4.69) is 10.5 Å². The van der Waals surface area contributed by atoms with Crippen LogP contribution in [0.2, 0.25) is 0 Å². The molecular formula is C11H10N4O. The van der Waals surface area contributed by atoms with Crippen LogP contribution in [0.15, 0.2) is 29.4 Å². The second kappa shape index (κ2) is 6.05. The molecule has 0 heterocycles. The largest absolute Gasteiger partial charge is 0.494 e. The van der Waals surface area contributed by atoms with Crippen molar-refractivity contribution in [2.24, 2.45) is 5.10 Å². The van der Waals surface area contributed by atoms with Gasteiger partial charge in [0.15, 0.2) is 0 Å². The highest BCUT2D eigenvalue weighted by molar-refractivity contribution is 6.10. The van der Waals surface area contributed by atoms with Crippen LogP contribution in [0.25, 0.3) is 0 Å². The number of ether oxygens (including phenoxy) is 1. The van der Waals surface area contributed by atoms with E-state index >= 15 is 0 Å². The molecular weight excluding hydrogens is 204 g/mol. The molecule has 0 amide bonds. The van der Waals surface area contributed by atoms with Crippen molar-refractivity contribution in [1.82, 2.24) is 0 Å². The molecule has 16 heavy (non-hydrogen) atoms. The first-order valence-electron chi connectivity index (χ1n) is 4.67. The Labute approximate surface area is 93.6 Å². The summed E-state index contributed by atoms with van der Waals surface area (Å²) in [6, 6.07) is 10.4. The van der Waals surface area contributed by atoms with Gasteiger partial charge in [0.25, 0.3) is 0 Å². The fourth-order valence-corrected chi connectivity index (χ4v) is 1.02. The lowest BCUT2D eigenvalue weighted by molar-refractivity contribution is 0.340. The van der Waals surface area contributed by atoms with Crippen molar-refractivity contribution in [3.63, 3.8) is 0 Å². The highest BCUT2D eigenvalue weighted by atomic mass is 16.5. The molecule has 5 nitrogen and oxygen atoms in total. The minimum absolute atomic E-state index is 0.221. The molecule has 0 radical (unpaired) electrons. The van der Waals surface area contributed by atoms with E-state index in [9.17, 15) is 0 Å². The molecule has 0 aliphatic carbocycles. The number of benzene rings is 1. The van der Waals surface area contributed by atoms with Crippen molar-refractivity contribution in [2.75, 3.05) is 12.0 Å². The van der Waals surface area contributed by atoms with Gasteiger partial charge < -0.3 is 4.74 Å². The van der Waals surface area contributed by atoms with Gasteiger partial charge in [0, 0.05) is 6.07 Å². The molecule has 1 aromatic rings. The molecule has 5 heteroatoms. The van der Waals surface area contributed by atoms with Gasteiger partial charge in [0.1, 0.15) is 17.9 Å². The lowest BCUT2D eigenvalue weighted by Crippen LogP contribution is -1.97. The maximum atomic E-state index is 8.47. The Morgan fingerprint density at radius 2 is 2.19 bits per heavy atom. The van der Waals surface area contributed by atoms with Gasteiger partial charge >= 0.3 is 0 Å². The zero-order valence-electron chi connectivity index (χ0n) is 8.77. The molecule has 0 saturated carbocycles. The van der Waals surface area contributed by atoms with Gasteiger partial charge in [-0.25, -0.2) is 0 Å². The summed E-state index contributed by atoms with van der Waals surface area (Å²) in [6.45, 7) is 2.47. The molecule has 0 atom stereocenters. The van der Waals surface area contributed by atoms with E-state index in [4.69, 9.17) is 15.3 Å². The zero-order valence-corrected chi connectivity index (χ0v) is 8.77. The standard InChI is InChI=1S/C11H10N4O/c1-2-16-11-5-3-4-9(6-11)14-15-10(7-12)8-13/h3-6,14H,2H2,1H3. The summed E-state index contributed by atoms with van der Waals surface area (Å²) in [6.07, 6.45) is 0. The second-order valence-electron chi connectivity index (χ2n) is 2.76. The Morgan fingerprint density at radius 1 is 1.44 bits per heavy atom. The third kappa shape index (κ3) is 3.32. The molecule has 0 saturated heterocycles. The first kappa shape index (κ1) is 11.5. The van der Waals surface area contributed by atoms with E-state index in [1.807, 2.05) is 13.0 Å². The van der Waals surface area contributed by atoms with Crippen molar-refractivity contribution in [3.05, 3.63) is 24.3 Å². The van der Waals surface area contributed by atoms with Gasteiger partial charge in [-0.05, 0) is 19.1 Å². The van der Waals surface area contributed by atoms with Gasteiger partial charge in [-0.1, -0.05) is 6.07 Å². The van der Waals surface area contributed by atoms with Crippen LogP contribution in [-0.2, 0) is 0 Å². The average molecular weight is 214 g/mol. The summed E-state index contributed by atoms with van der Waals surface area (Å²) in [5, 5.41) is 20.6. The number of nitrogens with one attached hydrogen (secondary N) is 1. The predicted molar refractivity (Wildman–Crippen MR) is 59.9 cm³/mol. The van der Waals surface area contributed by atoms with Crippen LogP contribution in [0.4, 0.5) is 5.69 Å². The lowest BCUT2D eigenvalue weighted by atomic mass is 10.3. The van der Waals surface area contributed by atoms with Crippen LogP contribution in [0.5, 0.6) is 5.75 Å². The van der Waals surface area contributed by atoms with E-state index in [0.29, 0.717) is 18.0 Å². The van der Waals surface area contributed by atoms with Gasteiger partial charge in [-0.3, -0.25) is 5.43 Å². The van der Waals surface area contributed by atoms with Crippen molar-refractivity contribution in [3.8, 4) is 17.9 Å². The van der Waals surface area contributed by atoms with E-state index in [0.717, 1.165) is 0 Å². The highest BCUT2D eigenvalue weighted by Gasteiger charge is 1.96. The highest BCUT2D eigenvalue weighted by Crippen LogP contribution is 2.17. The Morgan fingerprint density at radius 3 is 2.81 bits per heavy atom. The topological polar surface area (TPSA) is 81.2 Å². The molecule has 80 valence electrons. The third-order valence-electron chi connectivity index (χ3n) is 1.65. The lowest BCUT2D eigenvalue weighted by Gasteiger charge is -2.04. The summed E-state index contributed by atoms with van der Waals surface area (Å²) < 4.78 is 5.29. The maximum absolute atomic E-state index is 8.47. The van der Waals surface area contributed by atoms with Gasteiger partial charge in [-0.15, -0.1) is 0 Å². The van der Waals surface area contributed by atoms with Gasteiger partial charge in [-0.2, -0.15) is 15.6 Å². The fraction of sp³-hybridized carbons (Fsp3) is 0.182. The monoisotopic (exact) mass is 214 g/mol. The number of hydrogen-bond donors (Lipinski definition) is 1. The maximum Gasteiger partial charge on any atom is 0.237 e. The first-order valence-corrected chi connectivity index (χ1v) is 4.67. The smallest absolute Gasteiger partial charge is 0.237 e. The molecule has 0 bridgehead atoms. The molecule has 1 rings (SSSR count). The fourth-order valence-electron chi connectivity index (χ4n) is 1.02. The van der Waals surface area contributed by atoms with Gasteiger partial charge in [0.2, 0.25) is 5.71 Å². The Kier molecular flexibility index (Phi) is 4.36. The normalized spacial score (nSPS) is 8.44. The number of hydrazone groups is 1. The van der Waals surface area contributed by atoms with E-state index in [1.165, 1.54) is 0 Å². The molecule has 0 unspecified atom stereocenters. The summed E-state index contributed by atoms with van der Waals surface area (Å²) in [7, 11) is 0. The van der Waals surface area contributed by atoms with Crippen molar-refractivity contribution in [2.45, 2.75) is 6.92 Å². The Bertz CT molecular complexity index is 452. The van der Waals surface area contributed by atoms with Crippen molar-refractivity contribution >= 4 is 11.4 Å². The third-order valence-corrected chi connectivity index (χ3v) is 1.65. The number of hydrogen-bond acceptors (Lipinski definition) is 5. The quantitative estimate of drug-likeness (QED) is 0.613. The zero-order chi connectivity index (χ0) is 11.8. The first-order chi connectivity index (χ1) is 7.80. The summed E-state index contributed by atoms with van der Waals surface area (Å²) >= 11 is 0. The number of nitrogens with zero attached hydrogens (tertiary/aromatic N) is 3. The van der Waals surface area contributed by atoms with E-state index < -0.39 is 0 Å². The van der Waals surface area contributed by atoms with Crippen LogP contribution >= 0.6 is 0 Å². The minimum Gasteiger partial charge on any atom is -0.494 e. The predicted octanol–water partition coefficient (Wildman–Crippen LogP) is 1.90. The van der Waals surface area contributed by atoms with Crippen LogP contribution in [0, 0.1) is 22.7 Å². The molecule has 0 aliphatic rings. The molecule has 0 aliphatic heterocycles. The molecule has 0 spiro atoms. The molecule has 0 aromatic heterocycles.